The molecule has 6 heterocycles. The number of aromatic nitrogens is 8. The standard InChI is InChI=1S/C45H38N8/c1-27(2)29-15-12-16-30(28(3)4)42(29)44-48-35-20-21-41(49-43(35)53(44)40-19-10-11-22-46-40)51-36-17-8-6-13-31(36)33-25-34-32-14-7-9-18-37(32)52(39(34)26-38(33)51)45-47-23-24-50(45)5/h6-28H,1-5H3. The van der Waals surface area contributed by atoms with Crippen LogP contribution in [0.1, 0.15) is 50.7 Å². The SMILES string of the molecule is CC(C)c1cccc(C(C)C)c1-c1nc2ccc(-n3c4ccccc4c4cc5c6ccccc6n(-c6nccn6C)c5cc43)nc2n1-c1ccccn1. The zero-order chi connectivity index (χ0) is 36.0. The molecular weight excluding hydrogens is 653 g/mol. The van der Waals surface area contributed by atoms with E-state index in [-0.39, 0.29) is 0 Å². The van der Waals surface area contributed by atoms with Crippen LogP contribution in [0.5, 0.6) is 0 Å². The van der Waals surface area contributed by atoms with Crippen molar-refractivity contribution < 1.29 is 0 Å². The maximum atomic E-state index is 5.50. The molecule has 0 fully saturated rings. The summed E-state index contributed by atoms with van der Waals surface area (Å²) in [6, 6.07) is 38.7. The second kappa shape index (κ2) is 11.7. The molecule has 10 aromatic rings. The van der Waals surface area contributed by atoms with Gasteiger partial charge in [-0.25, -0.2) is 19.9 Å². The number of benzene rings is 4. The zero-order valence-electron chi connectivity index (χ0n) is 30.4. The van der Waals surface area contributed by atoms with E-state index < -0.39 is 0 Å². The van der Waals surface area contributed by atoms with Gasteiger partial charge in [0.1, 0.15) is 23.0 Å². The van der Waals surface area contributed by atoms with E-state index in [4.69, 9.17) is 19.9 Å². The van der Waals surface area contributed by atoms with E-state index in [0.29, 0.717) is 11.8 Å². The Balaban J connectivity index is 1.30. The first-order chi connectivity index (χ1) is 25.9. The van der Waals surface area contributed by atoms with Gasteiger partial charge in [0.25, 0.3) is 0 Å². The van der Waals surface area contributed by atoms with Gasteiger partial charge in [-0.3, -0.25) is 13.7 Å². The summed E-state index contributed by atoms with van der Waals surface area (Å²) in [5.41, 5.74) is 9.63. The Hall–Kier alpha value is -6.54. The van der Waals surface area contributed by atoms with Crippen LogP contribution in [0.25, 0.3) is 83.7 Å². The summed E-state index contributed by atoms with van der Waals surface area (Å²) in [6.45, 7) is 9.00. The van der Waals surface area contributed by atoms with Crippen LogP contribution >= 0.6 is 0 Å². The van der Waals surface area contributed by atoms with Crippen LogP contribution < -0.4 is 0 Å². The van der Waals surface area contributed by atoms with Crippen molar-refractivity contribution >= 4 is 54.8 Å². The Morgan fingerprint density at radius 2 is 1.17 bits per heavy atom. The number of aryl methyl sites for hydroxylation is 1. The lowest BCUT2D eigenvalue weighted by atomic mass is 9.88. The summed E-state index contributed by atoms with van der Waals surface area (Å²) in [5, 5.41) is 4.72. The normalized spacial score (nSPS) is 12.2. The lowest BCUT2D eigenvalue weighted by Crippen LogP contribution is -2.07. The average Bonchev–Trinajstić information content (AvgIpc) is 3.94. The summed E-state index contributed by atoms with van der Waals surface area (Å²) in [4.78, 5) is 20.5. The van der Waals surface area contributed by atoms with E-state index in [2.05, 4.69) is 137 Å². The van der Waals surface area contributed by atoms with Gasteiger partial charge in [-0.15, -0.1) is 0 Å². The summed E-state index contributed by atoms with van der Waals surface area (Å²) in [6.07, 6.45) is 5.69. The van der Waals surface area contributed by atoms with Crippen LogP contribution in [0.4, 0.5) is 0 Å². The van der Waals surface area contributed by atoms with Gasteiger partial charge in [-0.05, 0) is 71.5 Å². The molecule has 0 saturated heterocycles. The van der Waals surface area contributed by atoms with Crippen LogP contribution in [-0.4, -0.2) is 38.2 Å². The fourth-order valence-electron chi connectivity index (χ4n) is 8.22. The maximum absolute atomic E-state index is 5.50. The van der Waals surface area contributed by atoms with Gasteiger partial charge in [0.2, 0.25) is 5.95 Å². The summed E-state index contributed by atoms with van der Waals surface area (Å²) >= 11 is 0. The Bertz CT molecular complexity index is 3000. The molecule has 258 valence electrons. The minimum Gasteiger partial charge on any atom is -0.320 e. The van der Waals surface area contributed by atoms with Crippen molar-refractivity contribution in [2.75, 3.05) is 0 Å². The molecule has 0 bridgehead atoms. The van der Waals surface area contributed by atoms with Gasteiger partial charge in [-0.2, -0.15) is 0 Å². The van der Waals surface area contributed by atoms with Crippen molar-refractivity contribution in [2.24, 2.45) is 7.05 Å². The molecule has 10 rings (SSSR count). The highest BCUT2D eigenvalue weighted by Crippen LogP contribution is 2.41. The number of rotatable bonds is 6. The molecule has 4 aromatic carbocycles. The number of nitrogens with zero attached hydrogens (tertiary/aromatic N) is 8. The molecule has 0 unspecified atom stereocenters. The first kappa shape index (κ1) is 31.2. The van der Waals surface area contributed by atoms with Gasteiger partial charge in [0.05, 0.1) is 22.1 Å². The molecular formula is C45H38N8. The van der Waals surface area contributed by atoms with E-state index in [1.807, 2.05) is 43.8 Å². The minimum atomic E-state index is 0.306. The minimum absolute atomic E-state index is 0.306. The molecule has 0 radical (unpaired) electrons. The molecule has 53 heavy (non-hydrogen) atoms. The topological polar surface area (TPSA) is 71.3 Å². The summed E-state index contributed by atoms with van der Waals surface area (Å²) in [7, 11) is 2.04. The predicted octanol–water partition coefficient (Wildman–Crippen LogP) is 10.7. The van der Waals surface area contributed by atoms with Crippen LogP contribution in [0.15, 0.2) is 128 Å². The molecule has 0 spiro atoms. The highest BCUT2D eigenvalue weighted by atomic mass is 15.2. The van der Waals surface area contributed by atoms with Crippen LogP contribution in [0.2, 0.25) is 0 Å². The van der Waals surface area contributed by atoms with Gasteiger partial charge < -0.3 is 4.57 Å². The molecule has 0 saturated carbocycles. The van der Waals surface area contributed by atoms with Crippen molar-refractivity contribution in [3.63, 3.8) is 0 Å². The van der Waals surface area contributed by atoms with E-state index in [0.717, 1.165) is 62.2 Å². The quantitative estimate of drug-likeness (QED) is 0.174. The van der Waals surface area contributed by atoms with Gasteiger partial charge in [0.15, 0.2) is 5.65 Å². The van der Waals surface area contributed by atoms with Crippen molar-refractivity contribution in [2.45, 2.75) is 39.5 Å². The monoisotopic (exact) mass is 690 g/mol. The molecule has 0 aliphatic heterocycles. The van der Waals surface area contributed by atoms with E-state index in [1.165, 1.54) is 32.7 Å². The number of imidazole rings is 2. The van der Waals surface area contributed by atoms with E-state index >= 15 is 0 Å². The van der Waals surface area contributed by atoms with Crippen LogP contribution in [-0.2, 0) is 7.05 Å². The fourth-order valence-corrected chi connectivity index (χ4v) is 8.22. The lowest BCUT2D eigenvalue weighted by Gasteiger charge is -2.20. The molecule has 0 N–H and O–H groups in total. The molecule has 0 aliphatic carbocycles. The van der Waals surface area contributed by atoms with Crippen molar-refractivity contribution in [1.82, 2.24) is 38.2 Å². The third-order valence-corrected chi connectivity index (χ3v) is 10.7. The van der Waals surface area contributed by atoms with E-state index in [9.17, 15) is 0 Å². The Labute approximate surface area is 306 Å². The third-order valence-electron chi connectivity index (χ3n) is 10.7. The van der Waals surface area contributed by atoms with Gasteiger partial charge >= 0.3 is 0 Å². The second-order valence-corrected chi connectivity index (χ2v) is 14.5. The zero-order valence-corrected chi connectivity index (χ0v) is 30.4. The number of hydrogen-bond acceptors (Lipinski definition) is 4. The Kier molecular flexibility index (Phi) is 6.92. The fraction of sp³-hybridized carbons (Fsp3) is 0.156. The van der Waals surface area contributed by atoms with Crippen molar-refractivity contribution in [3.8, 4) is 29.0 Å². The lowest BCUT2D eigenvalue weighted by molar-refractivity contribution is 0.831. The number of hydrogen-bond donors (Lipinski definition) is 0. The summed E-state index contributed by atoms with van der Waals surface area (Å²) < 4.78 is 8.78. The van der Waals surface area contributed by atoms with Crippen LogP contribution in [0, 0.1) is 0 Å². The Morgan fingerprint density at radius 1 is 0.509 bits per heavy atom. The smallest absolute Gasteiger partial charge is 0.214 e. The number of para-hydroxylation sites is 2. The third kappa shape index (κ3) is 4.61. The molecule has 0 amide bonds. The molecule has 8 heteroatoms. The average molecular weight is 691 g/mol. The molecule has 0 atom stereocenters. The maximum Gasteiger partial charge on any atom is 0.214 e. The highest BCUT2D eigenvalue weighted by Gasteiger charge is 2.25. The second-order valence-electron chi connectivity index (χ2n) is 14.5. The highest BCUT2D eigenvalue weighted by molar-refractivity contribution is 6.19. The molecule has 6 aromatic heterocycles. The largest absolute Gasteiger partial charge is 0.320 e. The Morgan fingerprint density at radius 3 is 1.81 bits per heavy atom. The summed E-state index contributed by atoms with van der Waals surface area (Å²) in [5.74, 6) is 3.94. The van der Waals surface area contributed by atoms with E-state index in [1.54, 1.807) is 0 Å². The van der Waals surface area contributed by atoms with Crippen molar-refractivity contribution in [3.05, 3.63) is 139 Å². The first-order valence-electron chi connectivity index (χ1n) is 18.3. The molecule has 0 aliphatic rings. The van der Waals surface area contributed by atoms with Crippen molar-refractivity contribution in [1.29, 1.82) is 0 Å². The van der Waals surface area contributed by atoms with Gasteiger partial charge in [-0.1, -0.05) is 88.4 Å². The predicted molar refractivity (Wildman–Crippen MR) is 216 cm³/mol. The number of fused-ring (bicyclic) bond motifs is 7. The van der Waals surface area contributed by atoms with Gasteiger partial charge in [0, 0.05) is 52.7 Å². The first-order valence-corrected chi connectivity index (χ1v) is 18.3. The number of pyridine rings is 2. The molecule has 8 nitrogen and oxygen atoms in total. The van der Waals surface area contributed by atoms with Crippen LogP contribution in [0.3, 0.4) is 0 Å².